The van der Waals surface area contributed by atoms with Crippen LogP contribution in [0.3, 0.4) is 0 Å². The van der Waals surface area contributed by atoms with E-state index in [-0.39, 0.29) is 12.2 Å². The van der Waals surface area contributed by atoms with Crippen molar-refractivity contribution >= 4 is 17.5 Å². The Labute approximate surface area is 83.5 Å². The van der Waals surface area contributed by atoms with Crippen LogP contribution in [0.15, 0.2) is 0 Å². The van der Waals surface area contributed by atoms with E-state index in [0.717, 1.165) is 0 Å². The highest BCUT2D eigenvalue weighted by atomic mass is 35.5. The summed E-state index contributed by atoms with van der Waals surface area (Å²) in [6, 6.07) is 0. The van der Waals surface area contributed by atoms with Crippen molar-refractivity contribution in [1.29, 1.82) is 0 Å². The summed E-state index contributed by atoms with van der Waals surface area (Å²) in [6.07, 6.45) is 0.765. The van der Waals surface area contributed by atoms with E-state index >= 15 is 0 Å². The molecule has 1 amide bonds. The molecule has 0 radical (unpaired) electrons. The first-order chi connectivity index (χ1) is 6.24. The zero-order valence-electron chi connectivity index (χ0n) is 8.01. The predicted molar refractivity (Wildman–Crippen MR) is 50.8 cm³/mol. The highest BCUT2D eigenvalue weighted by molar-refractivity contribution is 6.17. The Bertz CT molecular complexity index is 139. The quantitative estimate of drug-likeness (QED) is 0.497. The predicted octanol–water partition coefficient (Wildman–Crippen LogP) is 0.740. The number of carbonyl (C=O) groups excluding carboxylic acids is 1. The maximum Gasteiger partial charge on any atom is 0.220 e. The molecule has 0 aromatic rings. The summed E-state index contributed by atoms with van der Waals surface area (Å²) in [5.41, 5.74) is 0. The van der Waals surface area contributed by atoms with Crippen LogP contribution in [-0.2, 0) is 14.3 Å². The zero-order chi connectivity index (χ0) is 10.1. The molecule has 0 aliphatic carbocycles. The molecule has 0 rings (SSSR count). The first-order valence-electron chi connectivity index (χ1n) is 4.12. The number of amides is 1. The van der Waals surface area contributed by atoms with Crippen molar-refractivity contribution in [3.63, 3.8) is 0 Å². The number of rotatable bonds is 7. The summed E-state index contributed by atoms with van der Waals surface area (Å²) in [4.78, 5) is 11.1. The van der Waals surface area contributed by atoms with Crippen molar-refractivity contribution in [2.45, 2.75) is 19.1 Å². The Kier molecular flexibility index (Phi) is 8.08. The van der Waals surface area contributed by atoms with E-state index in [9.17, 15) is 4.79 Å². The maximum absolute atomic E-state index is 11.1. The molecule has 0 aromatic heterocycles. The first-order valence-corrected chi connectivity index (χ1v) is 4.66. The second kappa shape index (κ2) is 8.29. The van der Waals surface area contributed by atoms with Crippen LogP contribution in [0, 0.1) is 0 Å². The topological polar surface area (TPSA) is 47.6 Å². The third-order valence-electron chi connectivity index (χ3n) is 1.53. The fourth-order valence-electron chi connectivity index (χ4n) is 0.776. The van der Waals surface area contributed by atoms with Crippen LogP contribution in [0.2, 0.25) is 0 Å². The number of ether oxygens (including phenoxy) is 2. The average Bonchev–Trinajstić information content (AvgIpc) is 2.16. The molecule has 13 heavy (non-hydrogen) atoms. The Morgan fingerprint density at radius 3 is 2.54 bits per heavy atom. The van der Waals surface area contributed by atoms with E-state index in [0.29, 0.717) is 25.3 Å². The highest BCUT2D eigenvalue weighted by Gasteiger charge is 2.06. The van der Waals surface area contributed by atoms with Gasteiger partial charge in [-0.25, -0.2) is 0 Å². The lowest BCUT2D eigenvalue weighted by atomic mass is 10.3. The van der Waals surface area contributed by atoms with Crippen LogP contribution < -0.4 is 5.32 Å². The minimum Gasteiger partial charge on any atom is -0.354 e. The van der Waals surface area contributed by atoms with Gasteiger partial charge in [-0.1, -0.05) is 0 Å². The van der Waals surface area contributed by atoms with Crippen LogP contribution in [0.1, 0.15) is 12.8 Å². The summed E-state index contributed by atoms with van der Waals surface area (Å²) < 4.78 is 9.78. The zero-order valence-corrected chi connectivity index (χ0v) is 8.76. The van der Waals surface area contributed by atoms with Gasteiger partial charge in [-0.3, -0.25) is 4.79 Å². The van der Waals surface area contributed by atoms with Gasteiger partial charge in [-0.15, -0.1) is 11.6 Å². The number of carbonyl (C=O) groups is 1. The average molecular weight is 210 g/mol. The molecule has 0 fully saturated rings. The maximum atomic E-state index is 11.1. The van der Waals surface area contributed by atoms with Gasteiger partial charge in [-0.2, -0.15) is 0 Å². The Hall–Kier alpha value is -0.320. The molecule has 0 aromatic carbocycles. The van der Waals surface area contributed by atoms with E-state index in [4.69, 9.17) is 21.1 Å². The normalized spacial score (nSPS) is 10.5. The largest absolute Gasteiger partial charge is 0.354 e. The Morgan fingerprint density at radius 2 is 2.08 bits per heavy atom. The van der Waals surface area contributed by atoms with Gasteiger partial charge in [0.1, 0.15) is 0 Å². The summed E-state index contributed by atoms with van der Waals surface area (Å²) in [5, 5.41) is 2.67. The van der Waals surface area contributed by atoms with Crippen LogP contribution in [-0.4, -0.2) is 38.8 Å². The molecule has 0 aliphatic heterocycles. The third kappa shape index (κ3) is 6.81. The lowest BCUT2D eigenvalue weighted by Crippen LogP contribution is -2.34. The van der Waals surface area contributed by atoms with E-state index < -0.39 is 0 Å². The Balaban J connectivity index is 3.44. The second-order valence-corrected chi connectivity index (χ2v) is 2.88. The number of methoxy groups -OCH3 is 2. The molecular weight excluding hydrogens is 194 g/mol. The van der Waals surface area contributed by atoms with Gasteiger partial charge >= 0.3 is 0 Å². The molecule has 0 atom stereocenters. The monoisotopic (exact) mass is 209 g/mol. The molecule has 0 aliphatic rings. The molecule has 0 heterocycles. The minimum atomic E-state index is -0.375. The van der Waals surface area contributed by atoms with Crippen LogP contribution in [0.25, 0.3) is 0 Å². The van der Waals surface area contributed by atoms with Gasteiger partial charge < -0.3 is 14.8 Å². The van der Waals surface area contributed by atoms with Crippen LogP contribution in [0.5, 0.6) is 0 Å². The number of hydrogen-bond donors (Lipinski definition) is 1. The summed E-state index contributed by atoms with van der Waals surface area (Å²) in [7, 11) is 3.05. The van der Waals surface area contributed by atoms with Crippen molar-refractivity contribution < 1.29 is 14.3 Å². The number of hydrogen-bond acceptors (Lipinski definition) is 3. The summed E-state index contributed by atoms with van der Waals surface area (Å²) in [6.45, 7) is 0.369. The molecule has 5 heteroatoms. The van der Waals surface area contributed by atoms with Crippen molar-refractivity contribution in [3.05, 3.63) is 0 Å². The second-order valence-electron chi connectivity index (χ2n) is 2.50. The lowest BCUT2D eigenvalue weighted by molar-refractivity contribution is -0.127. The molecule has 4 nitrogen and oxygen atoms in total. The number of halogens is 1. The van der Waals surface area contributed by atoms with Crippen molar-refractivity contribution in [3.8, 4) is 0 Å². The number of nitrogens with one attached hydrogen (secondary N) is 1. The van der Waals surface area contributed by atoms with Crippen molar-refractivity contribution in [2.24, 2.45) is 0 Å². The molecular formula is C8H16ClNO3. The third-order valence-corrected chi connectivity index (χ3v) is 1.80. The molecule has 0 spiro atoms. The van der Waals surface area contributed by atoms with E-state index in [2.05, 4.69) is 5.32 Å². The smallest absolute Gasteiger partial charge is 0.220 e. The number of alkyl halides is 1. The summed E-state index contributed by atoms with van der Waals surface area (Å²) in [5.74, 6) is 0.477. The van der Waals surface area contributed by atoms with E-state index in [1.165, 1.54) is 14.2 Å². The van der Waals surface area contributed by atoms with E-state index in [1.807, 2.05) is 0 Å². The molecule has 0 saturated heterocycles. The highest BCUT2D eigenvalue weighted by Crippen LogP contribution is 1.93. The fourth-order valence-corrected chi connectivity index (χ4v) is 0.909. The van der Waals surface area contributed by atoms with Gasteiger partial charge in [0, 0.05) is 26.5 Å². The molecule has 0 bridgehead atoms. The fraction of sp³-hybridized carbons (Fsp3) is 0.875. The van der Waals surface area contributed by atoms with Gasteiger partial charge in [0.05, 0.1) is 6.54 Å². The minimum absolute atomic E-state index is 0.0280. The van der Waals surface area contributed by atoms with E-state index in [1.54, 1.807) is 0 Å². The SMILES string of the molecule is COC(CNC(=O)CCCCl)OC. The van der Waals surface area contributed by atoms with Crippen LogP contribution >= 0.6 is 11.6 Å². The van der Waals surface area contributed by atoms with Crippen molar-refractivity contribution in [2.75, 3.05) is 26.6 Å². The molecule has 0 saturated carbocycles. The van der Waals surface area contributed by atoms with Gasteiger partial charge in [0.25, 0.3) is 0 Å². The standard InChI is InChI=1S/C8H16ClNO3/c1-12-8(13-2)6-10-7(11)4-3-5-9/h8H,3-6H2,1-2H3,(H,10,11). The molecule has 78 valence electrons. The first kappa shape index (κ1) is 12.7. The summed E-state index contributed by atoms with van der Waals surface area (Å²) >= 11 is 5.43. The lowest BCUT2D eigenvalue weighted by Gasteiger charge is -2.13. The molecule has 0 unspecified atom stereocenters. The van der Waals surface area contributed by atoms with Gasteiger partial charge in [-0.05, 0) is 6.42 Å². The van der Waals surface area contributed by atoms with Crippen molar-refractivity contribution in [1.82, 2.24) is 5.32 Å². The van der Waals surface area contributed by atoms with Gasteiger partial charge in [0.15, 0.2) is 6.29 Å². The molecule has 1 N–H and O–H groups in total. The Morgan fingerprint density at radius 1 is 1.46 bits per heavy atom. The van der Waals surface area contributed by atoms with Crippen LogP contribution in [0.4, 0.5) is 0 Å². The van der Waals surface area contributed by atoms with Gasteiger partial charge in [0.2, 0.25) is 5.91 Å².